The van der Waals surface area contributed by atoms with Crippen molar-refractivity contribution in [1.29, 1.82) is 0 Å². The average molecular weight is 961 g/mol. The van der Waals surface area contributed by atoms with Crippen LogP contribution in [0.25, 0.3) is 16.6 Å². The lowest BCUT2D eigenvalue weighted by atomic mass is 9.72. The molecule has 1 aliphatic heterocycles. The molecule has 3 aliphatic rings. The summed E-state index contributed by atoms with van der Waals surface area (Å²) >= 11 is 6.25. The van der Waals surface area contributed by atoms with Crippen molar-refractivity contribution in [2.45, 2.75) is 69.7 Å². The van der Waals surface area contributed by atoms with E-state index in [4.69, 9.17) is 21.5 Å². The fraction of sp³-hybridized carbons (Fsp3) is 0.404. The molecule has 352 valence electrons. The fourth-order valence-corrected chi connectivity index (χ4v) is 11.4. The molecule has 0 atom stereocenters. The number of carbonyl (C=O) groups is 1. The van der Waals surface area contributed by atoms with Crippen molar-refractivity contribution < 1.29 is 27.1 Å². The summed E-state index contributed by atoms with van der Waals surface area (Å²) in [5, 5.41) is 22.5. The van der Waals surface area contributed by atoms with E-state index in [0.29, 0.717) is 31.0 Å². The maximum absolute atomic E-state index is 14.0. The molecule has 1 saturated carbocycles. The largest absolute Gasteiger partial charge is 0.455 e. The van der Waals surface area contributed by atoms with Crippen molar-refractivity contribution in [3.8, 4) is 11.5 Å². The molecule has 3 heterocycles. The van der Waals surface area contributed by atoms with Crippen LogP contribution in [0.2, 0.25) is 5.02 Å². The van der Waals surface area contributed by atoms with Crippen molar-refractivity contribution in [2.75, 3.05) is 55.7 Å². The number of ether oxygens (including phenoxy) is 1. The molecule has 3 aromatic carbocycles. The standard InChI is InChI=1S/C47H58ClN9O7S2/c1-47(2)18-16-34(41(27-47)32-6-8-35(48)9-7-32)30-55-20-22-56(23-21-55)37-12-14-40(44(25-37)64-38-24-33-17-19-50-45(33)52-29-38)46(58)54-66(62,63)39-13-15-42(43(26-39)57(59)60)51-28-31-4-10-36(11-5-31)53-65(3,49)61/h6-9,12-15,17,19,24-26,29,31,36,51,65H,4-5,10-11,16,18,20-23,27-28,30H2,1-3H3,(H,50,52)(H,54,58)(H3,49,53,61). The van der Waals surface area contributed by atoms with E-state index >= 15 is 0 Å². The number of carbonyl (C=O) groups excluding carboxylic acids is 1. The fourth-order valence-electron chi connectivity index (χ4n) is 9.31. The number of aromatic amines is 1. The third-order valence-electron chi connectivity index (χ3n) is 12.9. The number of piperazine rings is 1. The number of sulfonamides is 1. The SMILES string of the molecule is CC1(C)CCC(CN2CCN(c3ccc(C(=O)NS(=O)(=O)c4ccc(NCC5CCC(N[SH](C)(N)=O)CC5)c([N+](=O)[O-])c4)c(Oc4cnc5[nH]ccc5c4)c3)CC2)=C(c2ccc(Cl)cc2)C1. The van der Waals surface area contributed by atoms with Gasteiger partial charge in [0.25, 0.3) is 21.6 Å². The summed E-state index contributed by atoms with van der Waals surface area (Å²) in [6.07, 6.45) is 11.0. The molecular weight excluding hydrogens is 902 g/mol. The number of fused-ring (bicyclic) bond motifs is 1. The highest BCUT2D eigenvalue weighted by Gasteiger charge is 2.31. The Labute approximate surface area is 391 Å². The predicted octanol–water partition coefficient (Wildman–Crippen LogP) is 7.82. The molecular formula is C47H58ClN9O7S2. The molecule has 2 aromatic heterocycles. The molecule has 5 aromatic rings. The number of aromatic nitrogens is 2. The topological polar surface area (TPSA) is 218 Å². The van der Waals surface area contributed by atoms with Crippen LogP contribution in [0.1, 0.15) is 74.7 Å². The third-order valence-corrected chi connectivity index (χ3v) is 15.4. The van der Waals surface area contributed by atoms with E-state index in [1.54, 1.807) is 24.4 Å². The molecule has 16 nitrogen and oxygen atoms in total. The van der Waals surface area contributed by atoms with Crippen molar-refractivity contribution >= 4 is 71.5 Å². The Morgan fingerprint density at radius 2 is 1.77 bits per heavy atom. The number of benzene rings is 3. The van der Waals surface area contributed by atoms with E-state index in [1.807, 2.05) is 18.2 Å². The number of pyridine rings is 1. The first-order valence-electron chi connectivity index (χ1n) is 22.3. The number of hydrogen-bond donors (Lipinski definition) is 6. The number of halogens is 1. The van der Waals surface area contributed by atoms with Crippen LogP contribution >= 0.6 is 11.6 Å². The summed E-state index contributed by atoms with van der Waals surface area (Å²) < 4.78 is 51.0. The van der Waals surface area contributed by atoms with Crippen molar-refractivity contribution in [2.24, 2.45) is 16.5 Å². The van der Waals surface area contributed by atoms with Gasteiger partial charge in [-0.05, 0) is 126 Å². The molecule has 2 aliphatic carbocycles. The summed E-state index contributed by atoms with van der Waals surface area (Å²) in [7, 11) is -7.46. The first-order valence-corrected chi connectivity index (χ1v) is 26.4. The lowest BCUT2D eigenvalue weighted by Gasteiger charge is -2.39. The summed E-state index contributed by atoms with van der Waals surface area (Å²) in [4.78, 5) is 37.3. The number of hydrogen-bond acceptors (Lipinski definition) is 11. The van der Waals surface area contributed by atoms with Crippen LogP contribution in [0.3, 0.4) is 0 Å². The number of nitro groups is 1. The number of allylic oxidation sites excluding steroid dienone is 1. The van der Waals surface area contributed by atoms with Gasteiger partial charge in [-0.25, -0.2) is 22.8 Å². The summed E-state index contributed by atoms with van der Waals surface area (Å²) in [5.41, 5.74) is 5.41. The molecule has 0 bridgehead atoms. The molecule has 0 radical (unpaired) electrons. The summed E-state index contributed by atoms with van der Waals surface area (Å²) in [6.45, 7) is 9.00. The number of anilines is 2. The smallest absolute Gasteiger partial charge is 0.293 e. The zero-order chi connectivity index (χ0) is 46.8. The van der Waals surface area contributed by atoms with Gasteiger partial charge in [0.15, 0.2) is 0 Å². The molecule has 0 spiro atoms. The van der Waals surface area contributed by atoms with Crippen LogP contribution in [0.5, 0.6) is 11.5 Å². The van der Waals surface area contributed by atoms with Gasteiger partial charge in [0.05, 0.1) is 21.6 Å². The first-order chi connectivity index (χ1) is 31.4. The number of amides is 1. The van der Waals surface area contributed by atoms with Gasteiger partial charge >= 0.3 is 0 Å². The van der Waals surface area contributed by atoms with Gasteiger partial charge in [0.1, 0.15) is 22.8 Å². The van der Waals surface area contributed by atoms with Gasteiger partial charge in [-0.2, -0.15) is 0 Å². The monoisotopic (exact) mass is 959 g/mol. The van der Waals surface area contributed by atoms with Gasteiger partial charge in [-0.1, -0.05) is 43.2 Å². The molecule has 1 saturated heterocycles. The Bertz CT molecular complexity index is 2790. The van der Waals surface area contributed by atoms with E-state index in [9.17, 15) is 27.5 Å². The van der Waals surface area contributed by atoms with Crippen LogP contribution in [0.15, 0.2) is 95.7 Å². The second-order valence-corrected chi connectivity index (χ2v) is 23.0. The average Bonchev–Trinajstić information content (AvgIpc) is 3.75. The first kappa shape index (κ1) is 47.1. The Hall–Kier alpha value is -5.37. The van der Waals surface area contributed by atoms with Gasteiger partial charge in [-0.3, -0.25) is 29.2 Å². The number of nitrogens with two attached hydrogens (primary N) is 1. The van der Waals surface area contributed by atoms with Crippen LogP contribution < -0.4 is 29.5 Å². The van der Waals surface area contributed by atoms with Crippen LogP contribution in [0, 0.1) is 21.4 Å². The van der Waals surface area contributed by atoms with Crippen LogP contribution in [0.4, 0.5) is 17.1 Å². The van der Waals surface area contributed by atoms with Crippen LogP contribution in [-0.2, 0) is 20.3 Å². The van der Waals surface area contributed by atoms with Crippen LogP contribution in [-0.4, -0.2) is 89.9 Å². The number of nitro benzene ring substituents is 1. The Morgan fingerprint density at radius 1 is 1.03 bits per heavy atom. The molecule has 8 rings (SSSR count). The van der Waals surface area contributed by atoms with Crippen molar-refractivity contribution in [1.82, 2.24) is 24.3 Å². The minimum Gasteiger partial charge on any atom is -0.455 e. The van der Waals surface area contributed by atoms with Crippen molar-refractivity contribution in [3.63, 3.8) is 0 Å². The van der Waals surface area contributed by atoms with E-state index < -0.39 is 41.7 Å². The zero-order valence-corrected chi connectivity index (χ0v) is 39.9. The predicted molar refractivity (Wildman–Crippen MR) is 262 cm³/mol. The molecule has 0 unspecified atom stereocenters. The second kappa shape index (κ2) is 19.5. The number of thiol groups is 1. The van der Waals surface area contributed by atoms with Gasteiger partial charge in [-0.15, -0.1) is 0 Å². The highest BCUT2D eigenvalue weighted by Crippen LogP contribution is 2.43. The lowest BCUT2D eigenvalue weighted by molar-refractivity contribution is -0.384. The normalized spacial score (nSPS) is 19.7. The van der Waals surface area contributed by atoms with Gasteiger partial charge in [0, 0.05) is 86.0 Å². The lowest BCUT2D eigenvalue weighted by Crippen LogP contribution is -2.47. The van der Waals surface area contributed by atoms with E-state index in [-0.39, 0.29) is 34.4 Å². The third kappa shape index (κ3) is 11.6. The van der Waals surface area contributed by atoms with Crippen molar-refractivity contribution in [3.05, 3.63) is 117 Å². The molecule has 19 heteroatoms. The number of rotatable bonds is 15. The minimum atomic E-state index is -4.60. The molecule has 2 fully saturated rings. The zero-order valence-electron chi connectivity index (χ0n) is 37.4. The number of nitrogens with zero attached hydrogens (tertiary/aromatic N) is 4. The molecule has 6 N–H and O–H groups in total. The number of H-pyrrole nitrogens is 1. The highest BCUT2D eigenvalue weighted by molar-refractivity contribution is 7.98. The molecule has 66 heavy (non-hydrogen) atoms. The van der Waals surface area contributed by atoms with Gasteiger partial charge < -0.3 is 19.9 Å². The Balaban J connectivity index is 0.973. The maximum Gasteiger partial charge on any atom is 0.293 e. The molecule has 1 amide bonds. The van der Waals surface area contributed by atoms with E-state index in [0.717, 1.165) is 86.7 Å². The quantitative estimate of drug-likeness (QED) is 0.0338. The van der Waals surface area contributed by atoms with Gasteiger partial charge in [0.2, 0.25) is 0 Å². The van der Waals surface area contributed by atoms with E-state index in [2.05, 4.69) is 60.5 Å². The summed E-state index contributed by atoms with van der Waals surface area (Å²) in [6, 6.07) is 20.4. The minimum absolute atomic E-state index is 0.0444. The second-order valence-electron chi connectivity index (χ2n) is 18.7. The maximum atomic E-state index is 14.0. The Morgan fingerprint density at radius 3 is 2.48 bits per heavy atom. The highest BCUT2D eigenvalue weighted by atomic mass is 35.5. The number of nitrogens with one attached hydrogen (secondary N) is 4. The van der Waals surface area contributed by atoms with E-state index in [1.165, 1.54) is 47.4 Å². The summed E-state index contributed by atoms with van der Waals surface area (Å²) in [5.74, 6) is -0.322. The Kier molecular flexibility index (Phi) is 13.9.